The number of pyridine rings is 1. The minimum atomic E-state index is -0.347. The highest BCUT2D eigenvalue weighted by Gasteiger charge is 2.29. The molecule has 0 saturated carbocycles. The zero-order valence-electron chi connectivity index (χ0n) is 14.0. The van der Waals surface area contributed by atoms with Gasteiger partial charge in [0.25, 0.3) is 0 Å². The van der Waals surface area contributed by atoms with Crippen LogP contribution < -0.4 is 11.1 Å². The quantitative estimate of drug-likeness (QED) is 0.827. The number of aromatic nitrogens is 1. The van der Waals surface area contributed by atoms with Crippen molar-refractivity contribution < 1.29 is 4.79 Å². The molecular weight excluding hydrogens is 332 g/mol. The number of aliphatic imine (C=N–C) groups is 1. The summed E-state index contributed by atoms with van der Waals surface area (Å²) in [5.74, 6) is 0.741. The summed E-state index contributed by atoms with van der Waals surface area (Å²) in [6.45, 7) is 2.07. The maximum Gasteiger partial charge on any atom is 0.248 e. The van der Waals surface area contributed by atoms with Crippen LogP contribution in [0.1, 0.15) is 24.6 Å². The number of amidine groups is 1. The molecule has 0 saturated heterocycles. The monoisotopic (exact) mass is 352 g/mol. The van der Waals surface area contributed by atoms with Crippen LogP contribution in [-0.2, 0) is 10.3 Å². The first-order valence-corrected chi connectivity index (χ1v) is 9.02. The summed E-state index contributed by atoms with van der Waals surface area (Å²) >= 11 is 1.58. The molecule has 1 aromatic heterocycles. The van der Waals surface area contributed by atoms with Crippen LogP contribution in [0.25, 0.3) is 6.08 Å². The number of hydrogen-bond acceptors (Lipinski definition) is 5. The van der Waals surface area contributed by atoms with Gasteiger partial charge in [-0.2, -0.15) is 0 Å². The van der Waals surface area contributed by atoms with Crippen molar-refractivity contribution >= 4 is 34.6 Å². The number of nitrogens with zero attached hydrogens (tertiary/aromatic N) is 2. The molecule has 1 amide bonds. The summed E-state index contributed by atoms with van der Waals surface area (Å²) in [6, 6.07) is 13.3. The zero-order valence-corrected chi connectivity index (χ0v) is 14.8. The second-order valence-corrected chi connectivity index (χ2v) is 7.10. The van der Waals surface area contributed by atoms with E-state index < -0.39 is 0 Å². The number of nitrogens with one attached hydrogen (secondary N) is 1. The lowest BCUT2D eigenvalue weighted by molar-refractivity contribution is -0.111. The molecule has 2 aromatic rings. The van der Waals surface area contributed by atoms with Gasteiger partial charge in [-0.15, -0.1) is 0 Å². The van der Waals surface area contributed by atoms with Gasteiger partial charge in [-0.1, -0.05) is 30.0 Å². The van der Waals surface area contributed by atoms with E-state index in [0.717, 1.165) is 29.1 Å². The van der Waals surface area contributed by atoms with Crippen molar-refractivity contribution in [3.63, 3.8) is 0 Å². The second kappa shape index (κ2) is 7.53. The Hall–Kier alpha value is -2.60. The highest BCUT2D eigenvalue weighted by Crippen LogP contribution is 2.35. The lowest BCUT2D eigenvalue weighted by Crippen LogP contribution is -2.28. The number of hydrogen-bond donors (Lipinski definition) is 2. The lowest BCUT2D eigenvalue weighted by atomic mass is 9.89. The number of rotatable bonds is 4. The van der Waals surface area contributed by atoms with Crippen LogP contribution in [0.5, 0.6) is 0 Å². The van der Waals surface area contributed by atoms with E-state index in [1.807, 2.05) is 42.5 Å². The molecule has 0 bridgehead atoms. The first kappa shape index (κ1) is 17.2. The van der Waals surface area contributed by atoms with Gasteiger partial charge in [0, 0.05) is 23.7 Å². The largest absolute Gasteiger partial charge is 0.379 e. The molecule has 5 nitrogen and oxygen atoms in total. The molecule has 3 rings (SSSR count). The maximum atomic E-state index is 12.1. The van der Waals surface area contributed by atoms with E-state index in [1.54, 1.807) is 24.0 Å². The van der Waals surface area contributed by atoms with Crippen LogP contribution in [0.4, 0.5) is 5.69 Å². The predicted octanol–water partition coefficient (Wildman–Crippen LogP) is 3.40. The Morgan fingerprint density at radius 3 is 2.96 bits per heavy atom. The molecule has 1 aliphatic heterocycles. The van der Waals surface area contributed by atoms with Crippen molar-refractivity contribution in [2.75, 3.05) is 11.1 Å². The molecule has 0 radical (unpaired) electrons. The third-order valence-electron chi connectivity index (χ3n) is 4.04. The fourth-order valence-corrected chi connectivity index (χ4v) is 3.62. The standard InChI is InChI=1S/C19H20N4OS/c1-19(10-12-25-18(20)23-19)14-5-4-7-16(13-14)22-17(24)9-8-15-6-2-3-11-21-15/h2-9,11,13H,10,12H2,1H3,(H2,20,23)(H,22,24)/b9-8+. The Morgan fingerprint density at radius 2 is 2.20 bits per heavy atom. The molecular formula is C19H20N4OS. The minimum Gasteiger partial charge on any atom is -0.379 e. The van der Waals surface area contributed by atoms with Crippen molar-refractivity contribution in [2.45, 2.75) is 18.9 Å². The number of carbonyl (C=O) groups is 1. The number of amides is 1. The number of benzene rings is 1. The molecule has 3 N–H and O–H groups in total. The van der Waals surface area contributed by atoms with E-state index in [2.05, 4.69) is 22.2 Å². The highest BCUT2D eigenvalue weighted by molar-refractivity contribution is 8.13. The molecule has 2 heterocycles. The predicted molar refractivity (Wildman–Crippen MR) is 104 cm³/mol. The minimum absolute atomic E-state index is 0.199. The molecule has 1 aliphatic rings. The first-order chi connectivity index (χ1) is 12.0. The average Bonchev–Trinajstić information content (AvgIpc) is 2.61. The Labute approximate surface area is 151 Å². The number of thioether (sulfide) groups is 1. The Kier molecular flexibility index (Phi) is 5.19. The molecule has 0 fully saturated rings. The normalized spacial score (nSPS) is 20.3. The molecule has 1 aromatic carbocycles. The first-order valence-electron chi connectivity index (χ1n) is 8.04. The fourth-order valence-electron chi connectivity index (χ4n) is 2.65. The van der Waals surface area contributed by atoms with E-state index >= 15 is 0 Å². The molecule has 0 spiro atoms. The molecule has 0 aliphatic carbocycles. The summed E-state index contributed by atoms with van der Waals surface area (Å²) in [5.41, 5.74) is 8.06. The van der Waals surface area contributed by atoms with Crippen molar-refractivity contribution in [2.24, 2.45) is 10.7 Å². The topological polar surface area (TPSA) is 80.4 Å². The van der Waals surface area contributed by atoms with E-state index in [0.29, 0.717) is 5.17 Å². The molecule has 1 atom stereocenters. The van der Waals surface area contributed by atoms with Gasteiger partial charge < -0.3 is 11.1 Å². The van der Waals surface area contributed by atoms with Gasteiger partial charge >= 0.3 is 0 Å². The van der Waals surface area contributed by atoms with Crippen LogP contribution in [0, 0.1) is 0 Å². The van der Waals surface area contributed by atoms with E-state index in [1.165, 1.54) is 6.08 Å². The number of nitrogens with two attached hydrogens (primary N) is 1. The van der Waals surface area contributed by atoms with E-state index in [4.69, 9.17) is 5.73 Å². The Balaban J connectivity index is 1.73. The van der Waals surface area contributed by atoms with Gasteiger partial charge in [0.05, 0.1) is 11.2 Å². The van der Waals surface area contributed by atoms with Crippen LogP contribution in [0.2, 0.25) is 0 Å². The van der Waals surface area contributed by atoms with Crippen LogP contribution in [0.3, 0.4) is 0 Å². The highest BCUT2D eigenvalue weighted by atomic mass is 32.2. The number of carbonyl (C=O) groups excluding carboxylic acids is 1. The van der Waals surface area contributed by atoms with Crippen LogP contribution in [0.15, 0.2) is 59.7 Å². The van der Waals surface area contributed by atoms with Gasteiger partial charge in [-0.25, -0.2) is 0 Å². The number of anilines is 1. The van der Waals surface area contributed by atoms with Crippen LogP contribution >= 0.6 is 11.8 Å². The average molecular weight is 352 g/mol. The molecule has 6 heteroatoms. The van der Waals surface area contributed by atoms with Gasteiger partial charge in [0.15, 0.2) is 5.17 Å². The molecule has 128 valence electrons. The maximum absolute atomic E-state index is 12.1. The van der Waals surface area contributed by atoms with E-state index in [9.17, 15) is 4.79 Å². The Morgan fingerprint density at radius 1 is 1.32 bits per heavy atom. The lowest BCUT2D eigenvalue weighted by Gasteiger charge is -2.30. The van der Waals surface area contributed by atoms with Crippen molar-refractivity contribution in [1.82, 2.24) is 4.98 Å². The summed E-state index contributed by atoms with van der Waals surface area (Å²) in [6.07, 6.45) is 5.76. The SMILES string of the molecule is CC1(c2cccc(NC(=O)/C=C/c3ccccn3)c2)CCSC(N)=N1. The van der Waals surface area contributed by atoms with Crippen molar-refractivity contribution in [1.29, 1.82) is 0 Å². The zero-order chi connectivity index (χ0) is 17.7. The van der Waals surface area contributed by atoms with Gasteiger partial charge in [-0.05, 0) is 49.2 Å². The van der Waals surface area contributed by atoms with Gasteiger partial charge in [0.2, 0.25) is 5.91 Å². The Bertz CT molecular complexity index is 819. The second-order valence-electron chi connectivity index (χ2n) is 5.98. The molecule has 25 heavy (non-hydrogen) atoms. The van der Waals surface area contributed by atoms with E-state index in [-0.39, 0.29) is 11.4 Å². The van der Waals surface area contributed by atoms with Gasteiger partial charge in [-0.3, -0.25) is 14.8 Å². The van der Waals surface area contributed by atoms with Crippen LogP contribution in [-0.4, -0.2) is 21.8 Å². The summed E-state index contributed by atoms with van der Waals surface area (Å²) in [4.78, 5) is 20.9. The summed E-state index contributed by atoms with van der Waals surface area (Å²) in [7, 11) is 0. The van der Waals surface area contributed by atoms with Crippen molar-refractivity contribution in [3.05, 3.63) is 66.0 Å². The molecule has 1 unspecified atom stereocenters. The van der Waals surface area contributed by atoms with Gasteiger partial charge in [0.1, 0.15) is 0 Å². The smallest absolute Gasteiger partial charge is 0.248 e. The third-order valence-corrected chi connectivity index (χ3v) is 4.84. The summed E-state index contributed by atoms with van der Waals surface area (Å²) < 4.78 is 0. The fraction of sp³-hybridized carbons (Fsp3) is 0.211. The van der Waals surface area contributed by atoms with Crippen molar-refractivity contribution in [3.8, 4) is 0 Å². The third kappa shape index (κ3) is 4.48. The summed E-state index contributed by atoms with van der Waals surface area (Å²) in [5, 5.41) is 3.49.